The molecule has 1 fully saturated rings. The minimum Gasteiger partial charge on any atom is -0.472 e. The zero-order chi connectivity index (χ0) is 15.5. The molecule has 0 N–H and O–H groups in total. The first-order valence-corrected chi connectivity index (χ1v) is 7.82. The van der Waals surface area contributed by atoms with Crippen molar-refractivity contribution < 1.29 is 4.74 Å². The Morgan fingerprint density at radius 1 is 1.36 bits per heavy atom. The van der Waals surface area contributed by atoms with E-state index in [2.05, 4.69) is 35.6 Å². The summed E-state index contributed by atoms with van der Waals surface area (Å²) >= 11 is 3.41. The highest BCUT2D eigenvalue weighted by atomic mass is 79.9. The second-order valence-corrected chi connectivity index (χ2v) is 6.17. The van der Waals surface area contributed by atoms with Crippen LogP contribution in [-0.4, -0.2) is 29.2 Å². The maximum atomic E-state index is 7.25. The van der Waals surface area contributed by atoms with Gasteiger partial charge in [-0.1, -0.05) is 12.6 Å². The fourth-order valence-electron chi connectivity index (χ4n) is 2.48. The van der Waals surface area contributed by atoms with Crippen LogP contribution in [0.3, 0.4) is 0 Å². The molecule has 0 aromatic carbocycles. The van der Waals surface area contributed by atoms with Crippen molar-refractivity contribution in [3.63, 3.8) is 0 Å². The lowest BCUT2D eigenvalue weighted by atomic mass is 10.3. The van der Waals surface area contributed by atoms with Crippen LogP contribution >= 0.6 is 15.9 Å². The van der Waals surface area contributed by atoms with Crippen LogP contribution in [0.4, 0.5) is 11.5 Å². The van der Waals surface area contributed by atoms with Crippen LogP contribution in [0.15, 0.2) is 35.1 Å². The van der Waals surface area contributed by atoms with Crippen molar-refractivity contribution in [1.29, 1.82) is 0 Å². The molecule has 3 heterocycles. The van der Waals surface area contributed by atoms with Gasteiger partial charge in [-0.25, -0.2) is 4.98 Å². The summed E-state index contributed by atoms with van der Waals surface area (Å²) in [6.45, 7) is 10.8. The van der Waals surface area contributed by atoms with Crippen LogP contribution in [0.2, 0.25) is 0 Å². The summed E-state index contributed by atoms with van der Waals surface area (Å²) in [4.78, 5) is 14.1. The molecule has 2 aromatic rings. The number of aromatic nitrogens is 2. The summed E-state index contributed by atoms with van der Waals surface area (Å²) in [6.07, 6.45) is 4.43. The number of pyridine rings is 2. The number of hydrogen-bond donors (Lipinski definition) is 0. The molecule has 22 heavy (non-hydrogen) atoms. The molecule has 0 spiro atoms. The summed E-state index contributed by atoms with van der Waals surface area (Å²) in [5.74, 6) is 1.08. The third-order valence-electron chi connectivity index (χ3n) is 3.58. The van der Waals surface area contributed by atoms with Crippen LogP contribution in [-0.2, 0) is 0 Å². The van der Waals surface area contributed by atoms with Gasteiger partial charge in [0.05, 0.1) is 16.7 Å². The molecule has 1 aliphatic rings. The van der Waals surface area contributed by atoms with Crippen molar-refractivity contribution in [2.45, 2.75) is 19.4 Å². The molecule has 0 saturated carbocycles. The molecule has 6 heteroatoms. The van der Waals surface area contributed by atoms with Crippen molar-refractivity contribution in [1.82, 2.24) is 9.97 Å². The average Bonchev–Trinajstić information content (AvgIpc) is 2.98. The van der Waals surface area contributed by atoms with Gasteiger partial charge in [0.2, 0.25) is 5.88 Å². The summed E-state index contributed by atoms with van der Waals surface area (Å²) < 4.78 is 6.80. The van der Waals surface area contributed by atoms with Gasteiger partial charge in [-0.2, -0.15) is 0 Å². The second kappa shape index (κ2) is 6.32. The highest BCUT2D eigenvalue weighted by Gasteiger charge is 2.26. The van der Waals surface area contributed by atoms with E-state index in [4.69, 9.17) is 11.3 Å². The third-order valence-corrected chi connectivity index (χ3v) is 4.01. The van der Waals surface area contributed by atoms with E-state index in [0.29, 0.717) is 11.7 Å². The van der Waals surface area contributed by atoms with Gasteiger partial charge in [-0.3, -0.25) is 0 Å². The fraction of sp³-hybridized carbons (Fsp3) is 0.312. The molecule has 0 radical (unpaired) electrons. The van der Waals surface area contributed by atoms with Crippen molar-refractivity contribution in [3.8, 4) is 5.88 Å². The van der Waals surface area contributed by atoms with Crippen LogP contribution in [0.1, 0.15) is 12.0 Å². The Bertz CT molecular complexity index is 711. The SMILES string of the molecule is [C-]#[N+]c1ncc(Br)cc1N1CC[C@H](Oc2ccc(C)cn2)C1. The molecule has 3 rings (SSSR count). The largest absolute Gasteiger partial charge is 0.472 e. The van der Waals surface area contributed by atoms with Crippen LogP contribution in [0.5, 0.6) is 5.88 Å². The Balaban J connectivity index is 1.71. The first kappa shape index (κ1) is 14.8. The van der Waals surface area contributed by atoms with Gasteiger partial charge in [0.25, 0.3) is 5.82 Å². The Morgan fingerprint density at radius 3 is 2.95 bits per heavy atom. The Labute approximate surface area is 137 Å². The number of halogens is 1. The number of hydrogen-bond acceptors (Lipinski definition) is 4. The molecular formula is C16H15BrN4O. The number of rotatable bonds is 3. The minimum absolute atomic E-state index is 0.0766. The molecule has 5 nitrogen and oxygen atoms in total. The summed E-state index contributed by atoms with van der Waals surface area (Å²) in [7, 11) is 0. The van der Waals surface area contributed by atoms with E-state index in [0.717, 1.165) is 35.2 Å². The molecule has 1 atom stereocenters. The van der Waals surface area contributed by atoms with E-state index in [1.165, 1.54) is 0 Å². The number of anilines is 1. The smallest absolute Gasteiger partial charge is 0.292 e. The molecule has 0 bridgehead atoms. The van der Waals surface area contributed by atoms with Crippen molar-refractivity contribution >= 4 is 27.4 Å². The lowest BCUT2D eigenvalue weighted by molar-refractivity contribution is 0.216. The highest BCUT2D eigenvalue weighted by Crippen LogP contribution is 2.32. The number of ether oxygens (including phenoxy) is 1. The van der Waals surface area contributed by atoms with E-state index >= 15 is 0 Å². The number of nitrogens with zero attached hydrogens (tertiary/aromatic N) is 4. The van der Waals surface area contributed by atoms with Gasteiger partial charge in [-0.05, 0) is 34.5 Å². The summed E-state index contributed by atoms with van der Waals surface area (Å²) in [5, 5.41) is 0. The van der Waals surface area contributed by atoms with Crippen molar-refractivity contribution in [2.75, 3.05) is 18.0 Å². The molecule has 0 aliphatic carbocycles. The Kier molecular flexibility index (Phi) is 4.25. The van der Waals surface area contributed by atoms with E-state index < -0.39 is 0 Å². The van der Waals surface area contributed by atoms with Crippen LogP contribution in [0, 0.1) is 13.5 Å². The Morgan fingerprint density at radius 2 is 2.23 bits per heavy atom. The Hall–Kier alpha value is -2.13. The van der Waals surface area contributed by atoms with Crippen LogP contribution in [0.25, 0.3) is 4.85 Å². The molecule has 1 aliphatic heterocycles. The highest BCUT2D eigenvalue weighted by molar-refractivity contribution is 9.10. The average molecular weight is 359 g/mol. The van der Waals surface area contributed by atoms with Crippen molar-refractivity contribution in [3.05, 3.63) is 52.0 Å². The first-order valence-electron chi connectivity index (χ1n) is 7.03. The number of aryl methyl sites for hydroxylation is 1. The van der Waals surface area contributed by atoms with E-state index in [9.17, 15) is 0 Å². The maximum Gasteiger partial charge on any atom is 0.292 e. The second-order valence-electron chi connectivity index (χ2n) is 5.26. The topological polar surface area (TPSA) is 42.6 Å². The van der Waals surface area contributed by atoms with E-state index in [1.807, 2.05) is 25.1 Å². The quantitative estimate of drug-likeness (QED) is 0.783. The van der Waals surface area contributed by atoms with Gasteiger partial charge in [0.15, 0.2) is 0 Å². The van der Waals surface area contributed by atoms with E-state index in [1.54, 1.807) is 12.4 Å². The zero-order valence-electron chi connectivity index (χ0n) is 12.2. The standard InChI is InChI=1S/C16H15BrN4O/c1-11-3-4-15(19-8-11)22-13-5-6-21(10-13)14-7-12(17)9-20-16(14)18-2/h3-4,7-9,13H,5-6,10H2,1H3/t13-/m0/s1. The predicted molar refractivity (Wildman–Crippen MR) is 88.4 cm³/mol. The zero-order valence-corrected chi connectivity index (χ0v) is 13.7. The first-order chi connectivity index (χ1) is 10.7. The fourth-order valence-corrected chi connectivity index (χ4v) is 2.80. The summed E-state index contributed by atoms with van der Waals surface area (Å²) in [6, 6.07) is 5.82. The van der Waals surface area contributed by atoms with Gasteiger partial charge < -0.3 is 14.5 Å². The molecule has 0 unspecified atom stereocenters. The van der Waals surface area contributed by atoms with Gasteiger partial charge in [0.1, 0.15) is 12.3 Å². The van der Waals surface area contributed by atoms with E-state index in [-0.39, 0.29) is 6.10 Å². The summed E-state index contributed by atoms with van der Waals surface area (Å²) in [5.41, 5.74) is 1.97. The lowest BCUT2D eigenvalue weighted by Gasteiger charge is -2.20. The molecule has 1 saturated heterocycles. The molecular weight excluding hydrogens is 344 g/mol. The van der Waals surface area contributed by atoms with Gasteiger partial charge in [-0.15, -0.1) is 4.98 Å². The molecule has 0 amide bonds. The van der Waals surface area contributed by atoms with Gasteiger partial charge >= 0.3 is 0 Å². The normalized spacial score (nSPS) is 17.3. The predicted octanol–water partition coefficient (Wildman–Crippen LogP) is 3.76. The third kappa shape index (κ3) is 3.20. The monoisotopic (exact) mass is 358 g/mol. The molecule has 2 aromatic heterocycles. The van der Waals surface area contributed by atoms with Crippen molar-refractivity contribution in [2.24, 2.45) is 0 Å². The van der Waals surface area contributed by atoms with Crippen LogP contribution < -0.4 is 9.64 Å². The maximum absolute atomic E-state index is 7.25. The minimum atomic E-state index is 0.0766. The molecule has 112 valence electrons. The van der Waals surface area contributed by atoms with Gasteiger partial charge in [0, 0.05) is 25.2 Å². The lowest BCUT2D eigenvalue weighted by Crippen LogP contribution is -2.25.